The van der Waals surface area contributed by atoms with Crippen LogP contribution in [0.1, 0.15) is 12.0 Å². The molecule has 6 heteroatoms. The van der Waals surface area contributed by atoms with E-state index in [2.05, 4.69) is 11.2 Å². The highest BCUT2D eigenvalue weighted by molar-refractivity contribution is 7.13. The molecule has 0 saturated carbocycles. The molecule has 28 heavy (non-hydrogen) atoms. The van der Waals surface area contributed by atoms with Crippen molar-refractivity contribution in [3.63, 3.8) is 0 Å². The fraction of sp³-hybridized carbons (Fsp3) is 0.136. The van der Waals surface area contributed by atoms with Gasteiger partial charge in [-0.15, -0.1) is 11.3 Å². The van der Waals surface area contributed by atoms with Crippen molar-refractivity contribution in [2.75, 3.05) is 6.61 Å². The standard InChI is InChI=1S/C22H17N3O2S/c23-15-16-8-10-17(11-9-16)27-13-4-12-25-22(26)19-6-2-1-5-18(19)21(24-25)20-7-3-14-28-20/h1-3,5-11,14H,4,12-13H2. The zero-order valence-corrected chi connectivity index (χ0v) is 15.9. The Labute approximate surface area is 166 Å². The van der Waals surface area contributed by atoms with Crippen LogP contribution in [0.5, 0.6) is 5.75 Å². The number of hydrogen-bond donors (Lipinski definition) is 0. The van der Waals surface area contributed by atoms with Gasteiger partial charge in [0.1, 0.15) is 11.4 Å². The number of fused-ring (bicyclic) bond motifs is 1. The number of aromatic nitrogens is 2. The number of aryl methyl sites for hydroxylation is 1. The Hall–Kier alpha value is -3.43. The van der Waals surface area contributed by atoms with Gasteiger partial charge >= 0.3 is 0 Å². The minimum Gasteiger partial charge on any atom is -0.494 e. The lowest BCUT2D eigenvalue weighted by Crippen LogP contribution is -2.24. The summed E-state index contributed by atoms with van der Waals surface area (Å²) in [4.78, 5) is 13.9. The number of nitrogens with zero attached hydrogens (tertiary/aromatic N) is 3. The van der Waals surface area contributed by atoms with Crippen molar-refractivity contribution in [1.82, 2.24) is 9.78 Å². The van der Waals surface area contributed by atoms with Gasteiger partial charge in [0, 0.05) is 18.4 Å². The van der Waals surface area contributed by atoms with E-state index in [0.29, 0.717) is 36.3 Å². The molecule has 2 aromatic carbocycles. The summed E-state index contributed by atoms with van der Waals surface area (Å²) in [6.07, 6.45) is 0.648. The van der Waals surface area contributed by atoms with Crippen LogP contribution >= 0.6 is 11.3 Å². The second-order valence-corrected chi connectivity index (χ2v) is 7.19. The van der Waals surface area contributed by atoms with E-state index in [-0.39, 0.29) is 5.56 Å². The summed E-state index contributed by atoms with van der Waals surface area (Å²) in [6, 6.07) is 20.7. The smallest absolute Gasteiger partial charge is 0.274 e. The largest absolute Gasteiger partial charge is 0.494 e. The Bertz CT molecular complexity index is 1190. The van der Waals surface area contributed by atoms with Gasteiger partial charge in [0.25, 0.3) is 5.56 Å². The van der Waals surface area contributed by atoms with Gasteiger partial charge < -0.3 is 4.74 Å². The average molecular weight is 387 g/mol. The summed E-state index contributed by atoms with van der Waals surface area (Å²) in [5, 5.41) is 17.0. The molecule has 0 bridgehead atoms. The molecule has 0 saturated heterocycles. The zero-order chi connectivity index (χ0) is 19.3. The summed E-state index contributed by atoms with van der Waals surface area (Å²) in [5.41, 5.74) is 1.34. The molecule has 0 N–H and O–H groups in total. The van der Waals surface area contributed by atoms with E-state index in [4.69, 9.17) is 10.00 Å². The molecule has 0 fully saturated rings. The fourth-order valence-corrected chi connectivity index (χ4v) is 3.74. The lowest BCUT2D eigenvalue weighted by Gasteiger charge is -2.11. The maximum Gasteiger partial charge on any atom is 0.274 e. The van der Waals surface area contributed by atoms with Crippen molar-refractivity contribution in [3.05, 3.63) is 82.0 Å². The lowest BCUT2D eigenvalue weighted by atomic mass is 10.1. The Kier molecular flexibility index (Phi) is 5.18. The van der Waals surface area contributed by atoms with Crippen molar-refractivity contribution in [2.24, 2.45) is 0 Å². The van der Waals surface area contributed by atoms with Gasteiger partial charge in [0.15, 0.2) is 0 Å². The number of nitriles is 1. The third kappa shape index (κ3) is 3.66. The van der Waals surface area contributed by atoms with Crippen LogP contribution in [0.4, 0.5) is 0 Å². The molecule has 138 valence electrons. The van der Waals surface area contributed by atoms with Crippen LogP contribution in [-0.4, -0.2) is 16.4 Å². The third-order valence-electron chi connectivity index (χ3n) is 4.39. The van der Waals surface area contributed by atoms with Crippen molar-refractivity contribution in [1.29, 1.82) is 5.26 Å². The molecular weight excluding hydrogens is 370 g/mol. The summed E-state index contributed by atoms with van der Waals surface area (Å²) in [5.74, 6) is 0.706. The van der Waals surface area contributed by atoms with Crippen LogP contribution in [0.2, 0.25) is 0 Å². The lowest BCUT2D eigenvalue weighted by molar-refractivity contribution is 0.297. The molecule has 0 aliphatic rings. The second kappa shape index (κ2) is 8.07. The molecule has 0 aliphatic heterocycles. The molecule has 2 heterocycles. The van der Waals surface area contributed by atoms with Crippen LogP contribution in [0.3, 0.4) is 0 Å². The number of rotatable bonds is 6. The van der Waals surface area contributed by atoms with Crippen LogP contribution in [0.25, 0.3) is 21.3 Å². The van der Waals surface area contributed by atoms with E-state index < -0.39 is 0 Å². The fourth-order valence-electron chi connectivity index (χ4n) is 3.01. The topological polar surface area (TPSA) is 67.9 Å². The predicted octanol–water partition coefficient (Wildman–Crippen LogP) is 4.47. The van der Waals surface area contributed by atoms with Gasteiger partial charge in [0.2, 0.25) is 0 Å². The molecule has 0 unspecified atom stereocenters. The molecule has 4 rings (SSSR count). The monoisotopic (exact) mass is 387 g/mol. The van der Waals surface area contributed by atoms with E-state index >= 15 is 0 Å². The van der Waals surface area contributed by atoms with Gasteiger partial charge in [-0.05, 0) is 41.8 Å². The van der Waals surface area contributed by atoms with E-state index in [1.165, 1.54) is 4.68 Å². The third-order valence-corrected chi connectivity index (χ3v) is 5.27. The molecule has 2 aromatic heterocycles. The van der Waals surface area contributed by atoms with Crippen LogP contribution in [0, 0.1) is 11.3 Å². The number of ether oxygens (including phenoxy) is 1. The maximum atomic E-state index is 12.8. The first-order chi connectivity index (χ1) is 13.8. The summed E-state index contributed by atoms with van der Waals surface area (Å²) in [7, 11) is 0. The van der Waals surface area contributed by atoms with Gasteiger partial charge in [-0.3, -0.25) is 4.79 Å². The minimum absolute atomic E-state index is 0.0886. The van der Waals surface area contributed by atoms with Crippen LogP contribution in [-0.2, 0) is 6.54 Å². The van der Waals surface area contributed by atoms with Crippen molar-refractivity contribution < 1.29 is 4.74 Å². The van der Waals surface area contributed by atoms with Gasteiger partial charge in [0.05, 0.1) is 28.5 Å². The molecule has 0 aliphatic carbocycles. The van der Waals surface area contributed by atoms with Crippen molar-refractivity contribution in [2.45, 2.75) is 13.0 Å². The Morgan fingerprint density at radius 2 is 1.82 bits per heavy atom. The SMILES string of the molecule is N#Cc1ccc(OCCCn2nc(-c3cccs3)c3ccccc3c2=O)cc1. The normalized spacial score (nSPS) is 10.7. The Balaban J connectivity index is 1.53. The highest BCUT2D eigenvalue weighted by atomic mass is 32.1. The molecular formula is C22H17N3O2S. The summed E-state index contributed by atoms with van der Waals surface area (Å²) >= 11 is 1.61. The first-order valence-electron chi connectivity index (χ1n) is 8.93. The van der Waals surface area contributed by atoms with E-state index in [0.717, 1.165) is 16.0 Å². The first-order valence-corrected chi connectivity index (χ1v) is 9.81. The van der Waals surface area contributed by atoms with Gasteiger partial charge in [-0.1, -0.05) is 24.3 Å². The number of benzene rings is 2. The average Bonchev–Trinajstić information content (AvgIpc) is 3.28. The minimum atomic E-state index is -0.0886. The van der Waals surface area contributed by atoms with E-state index in [1.807, 2.05) is 41.8 Å². The molecule has 0 radical (unpaired) electrons. The molecule has 5 nitrogen and oxygen atoms in total. The molecule has 0 amide bonds. The molecule has 0 atom stereocenters. The number of hydrogen-bond acceptors (Lipinski definition) is 5. The zero-order valence-electron chi connectivity index (χ0n) is 15.0. The highest BCUT2D eigenvalue weighted by Gasteiger charge is 2.12. The van der Waals surface area contributed by atoms with E-state index in [9.17, 15) is 4.79 Å². The summed E-state index contributed by atoms with van der Waals surface area (Å²) in [6.45, 7) is 0.930. The summed E-state index contributed by atoms with van der Waals surface area (Å²) < 4.78 is 7.23. The van der Waals surface area contributed by atoms with Crippen LogP contribution in [0.15, 0.2) is 70.8 Å². The maximum absolute atomic E-state index is 12.8. The quantitative estimate of drug-likeness (QED) is 0.458. The molecule has 4 aromatic rings. The van der Waals surface area contributed by atoms with Crippen molar-refractivity contribution in [3.8, 4) is 22.4 Å². The van der Waals surface area contributed by atoms with E-state index in [1.54, 1.807) is 35.6 Å². The predicted molar refractivity (Wildman–Crippen MR) is 111 cm³/mol. The highest BCUT2D eigenvalue weighted by Crippen LogP contribution is 2.28. The molecule has 0 spiro atoms. The first kappa shape index (κ1) is 18.0. The van der Waals surface area contributed by atoms with Crippen LogP contribution < -0.4 is 10.3 Å². The Morgan fingerprint density at radius 3 is 2.54 bits per heavy atom. The van der Waals surface area contributed by atoms with Crippen molar-refractivity contribution >= 4 is 22.1 Å². The second-order valence-electron chi connectivity index (χ2n) is 6.24. The Morgan fingerprint density at radius 1 is 1.04 bits per heavy atom. The number of thiophene rings is 1. The van der Waals surface area contributed by atoms with Gasteiger partial charge in [-0.25, -0.2) is 4.68 Å². The van der Waals surface area contributed by atoms with Gasteiger partial charge in [-0.2, -0.15) is 10.4 Å².